The molecule has 6 nitrogen and oxygen atoms in total. The number of Topliss-reactive ketones (excluding diaryl/α,β-unsaturated/α-hetero) is 1. The molecule has 0 aromatic heterocycles. The van der Waals surface area contributed by atoms with E-state index in [0.29, 0.717) is 31.5 Å². The third-order valence-electron chi connectivity index (χ3n) is 4.13. The van der Waals surface area contributed by atoms with Crippen LogP contribution < -0.4 is 5.32 Å². The molecule has 0 unspecified atom stereocenters. The van der Waals surface area contributed by atoms with Gasteiger partial charge in [-0.1, -0.05) is 13.8 Å². The number of amides is 2. The number of hydrogen-bond donors (Lipinski definition) is 1. The molecule has 0 atom stereocenters. The van der Waals surface area contributed by atoms with Crippen molar-refractivity contribution in [1.82, 2.24) is 10.2 Å². The van der Waals surface area contributed by atoms with E-state index in [1.165, 1.54) is 24.3 Å². The van der Waals surface area contributed by atoms with Crippen molar-refractivity contribution < 1.29 is 23.5 Å². The molecule has 1 saturated heterocycles. The monoisotopic (exact) mass is 394 g/mol. The maximum atomic E-state index is 12.9. The fraction of sp³-hybridized carbons (Fsp3) is 0.571. The quantitative estimate of drug-likeness (QED) is 0.843. The Bertz CT molecular complexity index is 660. The van der Waals surface area contributed by atoms with Crippen LogP contribution in [0.2, 0.25) is 0 Å². The lowest BCUT2D eigenvalue weighted by Gasteiger charge is -2.32. The summed E-state index contributed by atoms with van der Waals surface area (Å²) in [6, 6.07) is 5.13. The predicted octanol–water partition coefficient (Wildman–Crippen LogP) is 3.80. The number of ketones is 1. The zero-order valence-electron chi connectivity index (χ0n) is 17.4. The number of carbonyl (C=O) groups excluding carboxylic acids is 3. The summed E-state index contributed by atoms with van der Waals surface area (Å²) >= 11 is 0. The van der Waals surface area contributed by atoms with Gasteiger partial charge in [-0.15, -0.1) is 0 Å². The molecule has 28 heavy (non-hydrogen) atoms. The summed E-state index contributed by atoms with van der Waals surface area (Å²) in [5.74, 6) is -1.09. The molecule has 1 fully saturated rings. The van der Waals surface area contributed by atoms with Crippen LogP contribution >= 0.6 is 0 Å². The van der Waals surface area contributed by atoms with Crippen LogP contribution in [-0.4, -0.2) is 47.9 Å². The Morgan fingerprint density at radius 1 is 1.11 bits per heavy atom. The van der Waals surface area contributed by atoms with Crippen molar-refractivity contribution in [3.05, 3.63) is 35.6 Å². The fourth-order valence-corrected chi connectivity index (χ4v) is 2.73. The van der Waals surface area contributed by atoms with Crippen molar-refractivity contribution in [2.75, 3.05) is 19.6 Å². The van der Waals surface area contributed by atoms with E-state index < -0.39 is 17.3 Å². The van der Waals surface area contributed by atoms with Gasteiger partial charge in [-0.25, -0.2) is 9.18 Å². The number of ether oxygens (including phenoxy) is 1. The number of piperidine rings is 1. The summed E-state index contributed by atoms with van der Waals surface area (Å²) in [7, 11) is 0. The molecule has 2 amide bonds. The van der Waals surface area contributed by atoms with Gasteiger partial charge in [-0.2, -0.15) is 0 Å². The summed E-state index contributed by atoms with van der Waals surface area (Å²) in [6.07, 6.45) is 0.725. The minimum absolute atomic E-state index is 0.0655. The fourth-order valence-electron chi connectivity index (χ4n) is 2.73. The first-order valence-electron chi connectivity index (χ1n) is 9.70. The van der Waals surface area contributed by atoms with Gasteiger partial charge in [0.05, 0.1) is 6.54 Å². The van der Waals surface area contributed by atoms with Crippen molar-refractivity contribution >= 4 is 17.8 Å². The van der Waals surface area contributed by atoms with Crippen molar-refractivity contribution in [3.8, 4) is 0 Å². The summed E-state index contributed by atoms with van der Waals surface area (Å²) in [4.78, 5) is 37.9. The summed E-state index contributed by atoms with van der Waals surface area (Å²) < 4.78 is 18.2. The second-order valence-corrected chi connectivity index (χ2v) is 7.40. The zero-order chi connectivity index (χ0) is 21.3. The molecule has 1 heterocycles. The van der Waals surface area contributed by atoms with Crippen LogP contribution in [0.15, 0.2) is 24.3 Å². The van der Waals surface area contributed by atoms with Crippen molar-refractivity contribution in [2.45, 2.75) is 53.1 Å². The Morgan fingerprint density at radius 2 is 1.64 bits per heavy atom. The topological polar surface area (TPSA) is 75.7 Å². The van der Waals surface area contributed by atoms with E-state index in [0.717, 1.165) is 0 Å². The summed E-state index contributed by atoms with van der Waals surface area (Å²) in [5.41, 5.74) is -0.243. The third-order valence-corrected chi connectivity index (χ3v) is 4.13. The molecule has 1 aromatic rings. The first-order valence-corrected chi connectivity index (χ1v) is 9.70. The Labute approximate surface area is 166 Å². The molecular weight excluding hydrogens is 363 g/mol. The summed E-state index contributed by atoms with van der Waals surface area (Å²) in [6.45, 7) is 10.3. The highest BCUT2D eigenvalue weighted by atomic mass is 19.1. The number of likely N-dealkylation sites (tertiary alicyclic amines) is 1. The van der Waals surface area contributed by atoms with E-state index in [1.807, 2.05) is 34.6 Å². The van der Waals surface area contributed by atoms with Crippen molar-refractivity contribution in [3.63, 3.8) is 0 Å². The standard InChI is InChI=1S/C19H25FN2O4.C2H6/c1-19(2,3)26-18(25)22-10-8-13(9-11-22)16(23)12-21-17(24)14-4-6-15(20)7-5-14;1-2/h4-7,13H,8-12H2,1-3H3,(H,21,24);1-2H3. The molecule has 2 rings (SSSR count). The lowest BCUT2D eigenvalue weighted by Crippen LogP contribution is -2.44. The molecule has 0 spiro atoms. The van der Waals surface area contributed by atoms with Gasteiger partial charge in [0.15, 0.2) is 5.78 Å². The molecule has 0 bridgehead atoms. The molecule has 7 heteroatoms. The number of rotatable bonds is 4. The molecule has 0 saturated carbocycles. The average Bonchev–Trinajstić information content (AvgIpc) is 2.66. The first-order chi connectivity index (χ1) is 13.2. The molecule has 0 radical (unpaired) electrons. The van der Waals surface area contributed by atoms with Crippen LogP contribution in [0.5, 0.6) is 0 Å². The largest absolute Gasteiger partial charge is 0.444 e. The van der Waals surface area contributed by atoms with Crippen LogP contribution in [0.3, 0.4) is 0 Å². The normalized spacial score (nSPS) is 14.6. The third kappa shape index (κ3) is 7.66. The second-order valence-electron chi connectivity index (χ2n) is 7.40. The van der Waals surface area contributed by atoms with Gasteiger partial charge < -0.3 is 15.0 Å². The van der Waals surface area contributed by atoms with Crippen molar-refractivity contribution in [2.24, 2.45) is 5.92 Å². The Hall–Kier alpha value is -2.44. The SMILES string of the molecule is CC.CC(C)(C)OC(=O)N1CCC(C(=O)CNC(=O)c2ccc(F)cc2)CC1. The molecule has 1 N–H and O–H groups in total. The number of benzene rings is 1. The lowest BCUT2D eigenvalue weighted by atomic mass is 9.92. The highest BCUT2D eigenvalue weighted by Crippen LogP contribution is 2.20. The van der Waals surface area contributed by atoms with Crippen LogP contribution in [0.4, 0.5) is 9.18 Å². The van der Waals surface area contributed by atoms with E-state index in [1.54, 1.807) is 4.90 Å². The van der Waals surface area contributed by atoms with E-state index in [-0.39, 0.29) is 24.3 Å². The zero-order valence-corrected chi connectivity index (χ0v) is 17.4. The number of nitrogens with one attached hydrogen (secondary N) is 1. The van der Waals surface area contributed by atoms with Crippen molar-refractivity contribution in [1.29, 1.82) is 0 Å². The highest BCUT2D eigenvalue weighted by Gasteiger charge is 2.29. The average molecular weight is 394 g/mol. The van der Waals surface area contributed by atoms with Crippen LogP contribution in [-0.2, 0) is 9.53 Å². The van der Waals surface area contributed by atoms with Crippen LogP contribution in [0.25, 0.3) is 0 Å². The summed E-state index contributed by atoms with van der Waals surface area (Å²) in [5, 5.41) is 2.56. The minimum Gasteiger partial charge on any atom is -0.444 e. The van der Waals surface area contributed by atoms with E-state index >= 15 is 0 Å². The predicted molar refractivity (Wildman–Crippen MR) is 106 cm³/mol. The molecular formula is C21H31FN2O4. The smallest absolute Gasteiger partial charge is 0.410 e. The van der Waals surface area contributed by atoms with E-state index in [2.05, 4.69) is 5.32 Å². The van der Waals surface area contributed by atoms with Gasteiger partial charge in [0.2, 0.25) is 0 Å². The maximum absolute atomic E-state index is 12.9. The van der Waals surface area contributed by atoms with E-state index in [9.17, 15) is 18.8 Å². The van der Waals surface area contributed by atoms with Gasteiger partial charge in [0.1, 0.15) is 11.4 Å². The van der Waals surface area contributed by atoms with Crippen LogP contribution in [0, 0.1) is 11.7 Å². The number of hydrogen-bond acceptors (Lipinski definition) is 4. The minimum atomic E-state index is -0.547. The molecule has 1 aromatic carbocycles. The lowest BCUT2D eigenvalue weighted by molar-refractivity contribution is -0.123. The Kier molecular flexibility index (Phi) is 9.09. The highest BCUT2D eigenvalue weighted by molar-refractivity contribution is 5.97. The maximum Gasteiger partial charge on any atom is 0.410 e. The number of carbonyl (C=O) groups is 3. The van der Waals surface area contributed by atoms with E-state index in [4.69, 9.17) is 4.74 Å². The number of nitrogens with zero attached hydrogens (tertiary/aromatic N) is 1. The first kappa shape index (κ1) is 23.6. The van der Waals surface area contributed by atoms with Crippen LogP contribution in [0.1, 0.15) is 57.8 Å². The van der Waals surface area contributed by atoms with Gasteiger partial charge in [-0.05, 0) is 57.9 Å². The number of halogens is 1. The molecule has 0 aliphatic carbocycles. The Balaban J connectivity index is 0.00000190. The molecule has 156 valence electrons. The van der Waals surface area contributed by atoms with Gasteiger partial charge in [-0.3, -0.25) is 9.59 Å². The molecule has 1 aliphatic heterocycles. The Morgan fingerprint density at radius 3 is 2.14 bits per heavy atom. The van der Waals surface area contributed by atoms with Gasteiger partial charge in [0, 0.05) is 24.6 Å². The molecule has 1 aliphatic rings. The van der Waals surface area contributed by atoms with Gasteiger partial charge in [0.25, 0.3) is 5.91 Å². The second kappa shape index (κ2) is 10.8. The van der Waals surface area contributed by atoms with Gasteiger partial charge >= 0.3 is 6.09 Å².